The highest BCUT2D eigenvalue weighted by atomic mass is 79.9. The molecule has 0 atom stereocenters. The Hall–Kier alpha value is -1.41. The summed E-state index contributed by atoms with van der Waals surface area (Å²) in [5.41, 5.74) is 0.282. The third-order valence-electron chi connectivity index (χ3n) is 2.32. The first kappa shape index (κ1) is 13.7. The molecule has 0 aliphatic carbocycles. The van der Waals surface area contributed by atoms with E-state index in [9.17, 15) is 9.18 Å². The summed E-state index contributed by atoms with van der Waals surface area (Å²) < 4.78 is 13.6. The molecule has 0 spiro atoms. The predicted molar refractivity (Wildman–Crippen MR) is 65.9 cm³/mol. The minimum atomic E-state index is -0.451. The van der Waals surface area contributed by atoms with Gasteiger partial charge in [-0.2, -0.15) is 5.26 Å². The van der Waals surface area contributed by atoms with Crippen molar-refractivity contribution in [3.63, 3.8) is 0 Å². The van der Waals surface area contributed by atoms with Gasteiger partial charge in [-0.1, -0.05) is 0 Å². The Balaban J connectivity index is 2.94. The highest BCUT2D eigenvalue weighted by molar-refractivity contribution is 9.10. The normalized spacial score (nSPS) is 9.76. The van der Waals surface area contributed by atoms with E-state index >= 15 is 0 Å². The van der Waals surface area contributed by atoms with Crippen molar-refractivity contribution in [2.45, 2.75) is 13.3 Å². The smallest absolute Gasteiger partial charge is 0.255 e. The van der Waals surface area contributed by atoms with Crippen LogP contribution in [0, 0.1) is 17.1 Å². The molecule has 0 heterocycles. The van der Waals surface area contributed by atoms with Crippen molar-refractivity contribution in [1.29, 1.82) is 5.26 Å². The molecule has 1 amide bonds. The third kappa shape index (κ3) is 3.53. The summed E-state index contributed by atoms with van der Waals surface area (Å²) in [6.45, 7) is 2.67. The number of hydrogen-bond donors (Lipinski definition) is 0. The zero-order valence-electron chi connectivity index (χ0n) is 9.41. The maximum Gasteiger partial charge on any atom is 0.255 e. The Bertz CT molecular complexity index is 456. The zero-order valence-corrected chi connectivity index (χ0v) is 11.0. The van der Waals surface area contributed by atoms with Gasteiger partial charge < -0.3 is 4.90 Å². The van der Waals surface area contributed by atoms with Crippen LogP contribution in [0.25, 0.3) is 0 Å². The van der Waals surface area contributed by atoms with E-state index in [1.165, 1.54) is 23.1 Å². The van der Waals surface area contributed by atoms with E-state index in [0.29, 0.717) is 17.6 Å². The average Bonchev–Trinajstić information content (AvgIpc) is 2.33. The molecule has 17 heavy (non-hydrogen) atoms. The molecular formula is C12H12BrFN2O. The molecule has 0 saturated carbocycles. The maximum atomic E-state index is 13.1. The van der Waals surface area contributed by atoms with E-state index in [1.807, 2.05) is 13.0 Å². The van der Waals surface area contributed by atoms with Crippen molar-refractivity contribution in [1.82, 2.24) is 4.90 Å². The quantitative estimate of drug-likeness (QED) is 0.858. The first-order valence-electron chi connectivity index (χ1n) is 5.21. The number of hydrogen-bond acceptors (Lipinski definition) is 2. The SMILES string of the molecule is CCN(CCC#N)C(=O)c1cc(F)ccc1Br. The highest BCUT2D eigenvalue weighted by Gasteiger charge is 2.17. The van der Waals surface area contributed by atoms with E-state index < -0.39 is 5.82 Å². The van der Waals surface area contributed by atoms with Crippen LogP contribution in [-0.4, -0.2) is 23.9 Å². The van der Waals surface area contributed by atoms with Crippen LogP contribution in [0.4, 0.5) is 4.39 Å². The van der Waals surface area contributed by atoms with Gasteiger partial charge in [-0.3, -0.25) is 4.79 Å². The molecule has 5 heteroatoms. The fourth-order valence-electron chi connectivity index (χ4n) is 1.42. The summed E-state index contributed by atoms with van der Waals surface area (Å²) >= 11 is 3.22. The van der Waals surface area contributed by atoms with E-state index in [0.717, 1.165) is 0 Å². The van der Waals surface area contributed by atoms with Crippen LogP contribution in [0.1, 0.15) is 23.7 Å². The Labute approximate surface area is 108 Å². The Morgan fingerprint density at radius 1 is 1.59 bits per heavy atom. The molecule has 0 N–H and O–H groups in total. The molecule has 1 aromatic carbocycles. The highest BCUT2D eigenvalue weighted by Crippen LogP contribution is 2.19. The van der Waals surface area contributed by atoms with Gasteiger partial charge in [0, 0.05) is 17.6 Å². The van der Waals surface area contributed by atoms with Crippen LogP contribution in [0.2, 0.25) is 0 Å². The molecular weight excluding hydrogens is 287 g/mol. The largest absolute Gasteiger partial charge is 0.338 e. The molecule has 1 aromatic rings. The van der Waals surface area contributed by atoms with Crippen LogP contribution >= 0.6 is 15.9 Å². The fourth-order valence-corrected chi connectivity index (χ4v) is 1.84. The summed E-state index contributed by atoms with van der Waals surface area (Å²) in [4.78, 5) is 13.6. The van der Waals surface area contributed by atoms with Gasteiger partial charge in [0.05, 0.1) is 18.1 Å². The number of carbonyl (C=O) groups excluding carboxylic acids is 1. The summed E-state index contributed by atoms with van der Waals surface area (Å²) in [5.74, 6) is -0.720. The van der Waals surface area contributed by atoms with E-state index in [-0.39, 0.29) is 17.9 Å². The van der Waals surface area contributed by atoms with Gasteiger partial charge in [-0.25, -0.2) is 4.39 Å². The molecule has 3 nitrogen and oxygen atoms in total. The number of nitriles is 1. The Kier molecular flexibility index (Phi) is 5.11. The lowest BCUT2D eigenvalue weighted by Gasteiger charge is -2.20. The van der Waals surface area contributed by atoms with Crippen molar-refractivity contribution >= 4 is 21.8 Å². The van der Waals surface area contributed by atoms with Crippen LogP contribution in [0.5, 0.6) is 0 Å². The van der Waals surface area contributed by atoms with Gasteiger partial charge in [-0.05, 0) is 41.1 Å². The van der Waals surface area contributed by atoms with Crippen LogP contribution in [-0.2, 0) is 0 Å². The Morgan fingerprint density at radius 2 is 2.29 bits per heavy atom. The number of rotatable bonds is 4. The van der Waals surface area contributed by atoms with E-state index in [1.54, 1.807) is 0 Å². The van der Waals surface area contributed by atoms with Gasteiger partial charge >= 0.3 is 0 Å². The lowest BCUT2D eigenvalue weighted by molar-refractivity contribution is 0.0766. The van der Waals surface area contributed by atoms with Gasteiger partial charge in [0.15, 0.2) is 0 Å². The second kappa shape index (κ2) is 6.36. The molecule has 90 valence electrons. The van der Waals surface area contributed by atoms with Crippen molar-refractivity contribution in [3.8, 4) is 6.07 Å². The van der Waals surface area contributed by atoms with Crippen LogP contribution in [0.15, 0.2) is 22.7 Å². The molecule has 0 unspecified atom stereocenters. The Morgan fingerprint density at radius 3 is 2.88 bits per heavy atom. The monoisotopic (exact) mass is 298 g/mol. The molecule has 0 radical (unpaired) electrons. The number of nitrogens with zero attached hydrogens (tertiary/aromatic N) is 2. The van der Waals surface area contributed by atoms with Gasteiger partial charge in [0.2, 0.25) is 0 Å². The zero-order chi connectivity index (χ0) is 12.8. The van der Waals surface area contributed by atoms with Crippen molar-refractivity contribution in [2.24, 2.45) is 0 Å². The second-order valence-corrected chi connectivity index (χ2v) is 4.27. The number of halogens is 2. The molecule has 0 fully saturated rings. The van der Waals surface area contributed by atoms with Crippen molar-refractivity contribution < 1.29 is 9.18 Å². The predicted octanol–water partition coefficient (Wildman–Crippen LogP) is 2.96. The first-order valence-corrected chi connectivity index (χ1v) is 6.00. The third-order valence-corrected chi connectivity index (χ3v) is 3.01. The topological polar surface area (TPSA) is 44.1 Å². The molecule has 1 rings (SSSR count). The number of carbonyl (C=O) groups is 1. The van der Waals surface area contributed by atoms with E-state index in [4.69, 9.17) is 5.26 Å². The maximum absolute atomic E-state index is 13.1. The van der Waals surface area contributed by atoms with Gasteiger partial charge in [0.1, 0.15) is 5.82 Å². The van der Waals surface area contributed by atoms with Crippen LogP contribution in [0.3, 0.4) is 0 Å². The van der Waals surface area contributed by atoms with Crippen molar-refractivity contribution in [2.75, 3.05) is 13.1 Å². The van der Waals surface area contributed by atoms with Crippen molar-refractivity contribution in [3.05, 3.63) is 34.1 Å². The lowest BCUT2D eigenvalue weighted by atomic mass is 10.2. The van der Waals surface area contributed by atoms with Gasteiger partial charge in [0.25, 0.3) is 5.91 Å². The average molecular weight is 299 g/mol. The number of amides is 1. The van der Waals surface area contributed by atoms with Gasteiger partial charge in [-0.15, -0.1) is 0 Å². The molecule has 0 saturated heterocycles. The summed E-state index contributed by atoms with van der Waals surface area (Å²) in [6.07, 6.45) is 0.270. The summed E-state index contributed by atoms with van der Waals surface area (Å²) in [5, 5.41) is 8.50. The fraction of sp³-hybridized carbons (Fsp3) is 0.333. The molecule has 0 aliphatic rings. The molecule has 0 aromatic heterocycles. The molecule has 0 bridgehead atoms. The summed E-state index contributed by atoms with van der Waals surface area (Å²) in [7, 11) is 0. The minimum Gasteiger partial charge on any atom is -0.338 e. The van der Waals surface area contributed by atoms with E-state index in [2.05, 4.69) is 15.9 Å². The summed E-state index contributed by atoms with van der Waals surface area (Å²) in [6, 6.07) is 5.97. The lowest BCUT2D eigenvalue weighted by Crippen LogP contribution is -2.31. The number of benzene rings is 1. The minimum absolute atomic E-state index is 0.269. The first-order chi connectivity index (χ1) is 8.10. The second-order valence-electron chi connectivity index (χ2n) is 3.42. The standard InChI is InChI=1S/C12H12BrFN2O/c1-2-16(7-3-6-15)12(17)10-8-9(14)4-5-11(10)13/h4-5,8H,2-3,7H2,1H3. The molecule has 0 aliphatic heterocycles. The van der Waals surface area contributed by atoms with Crippen LogP contribution < -0.4 is 0 Å².